The van der Waals surface area contributed by atoms with E-state index < -0.39 is 10.0 Å². The van der Waals surface area contributed by atoms with Gasteiger partial charge in [-0.25, -0.2) is 13.4 Å². The molecule has 1 aromatic heterocycles. The van der Waals surface area contributed by atoms with Gasteiger partial charge in [-0.2, -0.15) is 4.31 Å². The second-order valence-electron chi connectivity index (χ2n) is 9.27. The fraction of sp³-hybridized carbons (Fsp3) is 0.652. The average molecular weight is 463 g/mol. The van der Waals surface area contributed by atoms with Crippen LogP contribution in [0.15, 0.2) is 23.1 Å². The van der Waals surface area contributed by atoms with Gasteiger partial charge in [-0.3, -0.25) is 4.79 Å². The van der Waals surface area contributed by atoms with Crippen molar-refractivity contribution in [2.75, 3.05) is 26.3 Å². The number of amides is 1. The van der Waals surface area contributed by atoms with E-state index in [2.05, 4.69) is 30.7 Å². The lowest BCUT2D eigenvalue weighted by Crippen LogP contribution is -2.43. The number of imidazole rings is 1. The fourth-order valence-electron chi connectivity index (χ4n) is 4.33. The number of rotatable bonds is 8. The molecule has 2 fully saturated rings. The maximum Gasteiger partial charge on any atom is 0.243 e. The zero-order valence-corrected chi connectivity index (χ0v) is 20.3. The third kappa shape index (κ3) is 4.56. The Balaban J connectivity index is 1.51. The van der Waals surface area contributed by atoms with E-state index in [0.717, 1.165) is 24.2 Å². The van der Waals surface area contributed by atoms with E-state index in [0.29, 0.717) is 56.6 Å². The van der Waals surface area contributed by atoms with Gasteiger partial charge >= 0.3 is 0 Å². The summed E-state index contributed by atoms with van der Waals surface area (Å²) in [6.07, 6.45) is 3.12. The molecule has 32 heavy (non-hydrogen) atoms. The van der Waals surface area contributed by atoms with Gasteiger partial charge in [-0.05, 0) is 43.9 Å². The van der Waals surface area contributed by atoms with Crippen LogP contribution in [0.4, 0.5) is 0 Å². The molecule has 1 saturated heterocycles. The third-order valence-corrected chi connectivity index (χ3v) is 8.64. The standard InChI is InChI=1S/C23H34N4O4S/c1-16(2)17(3)27(18-5-6-18)23(28)10-9-22-24-20-15-19(7-8-21(20)25(22)4)32(29,30)26-11-13-31-14-12-26/h7-8,15-18H,5-6,9-14H2,1-4H3. The highest BCUT2D eigenvalue weighted by Gasteiger charge is 2.36. The molecule has 1 atom stereocenters. The van der Waals surface area contributed by atoms with Gasteiger partial charge in [0.25, 0.3) is 0 Å². The largest absolute Gasteiger partial charge is 0.379 e. The molecule has 2 heterocycles. The molecule has 2 aliphatic rings. The van der Waals surface area contributed by atoms with Gasteiger partial charge in [0.2, 0.25) is 15.9 Å². The summed E-state index contributed by atoms with van der Waals surface area (Å²) in [6, 6.07) is 5.70. The van der Waals surface area contributed by atoms with Crippen molar-refractivity contribution in [3.8, 4) is 0 Å². The maximum absolute atomic E-state index is 13.0. The van der Waals surface area contributed by atoms with Crippen molar-refractivity contribution in [2.45, 2.75) is 63.4 Å². The molecule has 0 N–H and O–H groups in total. The van der Waals surface area contributed by atoms with Crippen molar-refractivity contribution >= 4 is 27.0 Å². The number of morpholine rings is 1. The van der Waals surface area contributed by atoms with E-state index in [4.69, 9.17) is 4.74 Å². The second kappa shape index (κ2) is 9.11. The molecular formula is C23H34N4O4S. The number of sulfonamides is 1. The monoisotopic (exact) mass is 462 g/mol. The van der Waals surface area contributed by atoms with Crippen molar-refractivity contribution in [3.63, 3.8) is 0 Å². The summed E-state index contributed by atoms with van der Waals surface area (Å²) in [6.45, 7) is 7.99. The Morgan fingerprint density at radius 2 is 1.91 bits per heavy atom. The van der Waals surface area contributed by atoms with E-state index >= 15 is 0 Å². The Morgan fingerprint density at radius 1 is 1.22 bits per heavy atom. The van der Waals surface area contributed by atoms with Crippen LogP contribution < -0.4 is 0 Å². The Labute approximate surface area is 190 Å². The highest BCUT2D eigenvalue weighted by atomic mass is 32.2. The van der Waals surface area contributed by atoms with Gasteiger partial charge < -0.3 is 14.2 Å². The zero-order chi connectivity index (χ0) is 23.0. The van der Waals surface area contributed by atoms with Gasteiger partial charge in [0.05, 0.1) is 29.1 Å². The molecule has 1 aromatic carbocycles. The van der Waals surface area contributed by atoms with Crippen LogP contribution in [0.2, 0.25) is 0 Å². The normalized spacial score (nSPS) is 18.9. The minimum Gasteiger partial charge on any atom is -0.379 e. The van der Waals surface area contributed by atoms with Crippen molar-refractivity contribution in [3.05, 3.63) is 24.0 Å². The first kappa shape index (κ1) is 23.2. The van der Waals surface area contributed by atoms with Gasteiger partial charge in [-0.1, -0.05) is 13.8 Å². The molecule has 1 aliphatic carbocycles. The lowest BCUT2D eigenvalue weighted by atomic mass is 10.0. The Kier molecular flexibility index (Phi) is 6.61. The van der Waals surface area contributed by atoms with Crippen LogP contribution in [0.1, 0.15) is 45.9 Å². The van der Waals surface area contributed by atoms with Crippen LogP contribution in [0, 0.1) is 5.92 Å². The van der Waals surface area contributed by atoms with E-state index in [1.807, 2.05) is 11.6 Å². The number of hydrogen-bond donors (Lipinski definition) is 0. The zero-order valence-electron chi connectivity index (χ0n) is 19.5. The van der Waals surface area contributed by atoms with Crippen molar-refractivity contribution in [1.82, 2.24) is 18.8 Å². The number of fused-ring (bicyclic) bond motifs is 1. The van der Waals surface area contributed by atoms with E-state index in [1.54, 1.807) is 18.2 Å². The summed E-state index contributed by atoms with van der Waals surface area (Å²) in [5.41, 5.74) is 1.50. The number of aromatic nitrogens is 2. The minimum absolute atomic E-state index is 0.177. The SMILES string of the molecule is CC(C)C(C)N(C(=O)CCc1nc2cc(S(=O)(=O)N3CCOCC3)ccc2n1C)C1CC1. The summed E-state index contributed by atoms with van der Waals surface area (Å²) in [5.74, 6) is 1.39. The van der Waals surface area contributed by atoms with Gasteiger partial charge in [0.1, 0.15) is 5.82 Å². The first-order valence-electron chi connectivity index (χ1n) is 11.5. The molecule has 0 bridgehead atoms. The summed E-state index contributed by atoms with van der Waals surface area (Å²) in [7, 11) is -1.65. The summed E-state index contributed by atoms with van der Waals surface area (Å²) in [4.78, 5) is 20.0. The van der Waals surface area contributed by atoms with E-state index in [9.17, 15) is 13.2 Å². The van der Waals surface area contributed by atoms with E-state index in [-0.39, 0.29) is 16.8 Å². The molecule has 4 rings (SSSR count). The van der Waals surface area contributed by atoms with E-state index in [1.165, 1.54) is 4.31 Å². The molecule has 0 spiro atoms. The van der Waals surface area contributed by atoms with Crippen LogP contribution in [0.3, 0.4) is 0 Å². The smallest absolute Gasteiger partial charge is 0.243 e. The van der Waals surface area contributed by atoms with Crippen LogP contribution in [0.25, 0.3) is 11.0 Å². The van der Waals surface area contributed by atoms with Crippen LogP contribution in [-0.4, -0.2) is 71.5 Å². The molecule has 1 saturated carbocycles. The number of carbonyl (C=O) groups excluding carboxylic acids is 1. The molecule has 0 radical (unpaired) electrons. The summed E-state index contributed by atoms with van der Waals surface area (Å²) in [5, 5.41) is 0. The highest BCUT2D eigenvalue weighted by Crippen LogP contribution is 2.31. The molecule has 8 nitrogen and oxygen atoms in total. The lowest BCUT2D eigenvalue weighted by Gasteiger charge is -2.32. The number of ether oxygens (including phenoxy) is 1. The van der Waals surface area contributed by atoms with Crippen LogP contribution in [-0.2, 0) is 33.0 Å². The van der Waals surface area contributed by atoms with Crippen LogP contribution in [0.5, 0.6) is 0 Å². The molecule has 1 aliphatic heterocycles. The lowest BCUT2D eigenvalue weighted by molar-refractivity contribution is -0.134. The Hall–Kier alpha value is -1.97. The summed E-state index contributed by atoms with van der Waals surface area (Å²) >= 11 is 0. The number of aryl methyl sites for hydroxylation is 2. The Bertz CT molecular complexity index is 1080. The number of nitrogens with zero attached hydrogens (tertiary/aromatic N) is 4. The molecule has 1 unspecified atom stereocenters. The predicted molar refractivity (Wildman–Crippen MR) is 123 cm³/mol. The molecule has 1 amide bonds. The highest BCUT2D eigenvalue weighted by molar-refractivity contribution is 7.89. The first-order valence-corrected chi connectivity index (χ1v) is 13.0. The van der Waals surface area contributed by atoms with Gasteiger partial charge in [-0.15, -0.1) is 0 Å². The second-order valence-corrected chi connectivity index (χ2v) is 11.2. The van der Waals surface area contributed by atoms with Crippen molar-refractivity contribution in [2.24, 2.45) is 13.0 Å². The molecule has 176 valence electrons. The molecule has 2 aromatic rings. The Morgan fingerprint density at radius 3 is 2.53 bits per heavy atom. The predicted octanol–water partition coefficient (Wildman–Crippen LogP) is 2.56. The van der Waals surface area contributed by atoms with Gasteiger partial charge in [0.15, 0.2) is 0 Å². The number of carbonyl (C=O) groups is 1. The van der Waals surface area contributed by atoms with Gasteiger partial charge in [0, 0.05) is 45.1 Å². The van der Waals surface area contributed by atoms with Crippen molar-refractivity contribution in [1.29, 1.82) is 0 Å². The number of benzene rings is 1. The maximum atomic E-state index is 13.0. The molecule has 9 heteroatoms. The average Bonchev–Trinajstić information content (AvgIpc) is 3.56. The molecular weight excluding hydrogens is 428 g/mol. The fourth-order valence-corrected chi connectivity index (χ4v) is 5.76. The summed E-state index contributed by atoms with van der Waals surface area (Å²) < 4.78 is 34.7. The first-order chi connectivity index (χ1) is 15.2. The minimum atomic E-state index is -3.57. The van der Waals surface area contributed by atoms with Crippen LogP contribution >= 0.6 is 0 Å². The quantitative estimate of drug-likeness (QED) is 0.602. The topological polar surface area (TPSA) is 84.7 Å². The van der Waals surface area contributed by atoms with Crippen molar-refractivity contribution < 1.29 is 17.9 Å². The number of hydrogen-bond acceptors (Lipinski definition) is 5. The third-order valence-electron chi connectivity index (χ3n) is 6.75.